The highest BCUT2D eigenvalue weighted by molar-refractivity contribution is 7.16. The fraction of sp³-hybridized carbons (Fsp3) is 0.0769. The van der Waals surface area contributed by atoms with Crippen molar-refractivity contribution in [3.63, 3.8) is 0 Å². The predicted molar refractivity (Wildman–Crippen MR) is 83.5 cm³/mol. The molecule has 0 aliphatic rings. The van der Waals surface area contributed by atoms with E-state index >= 15 is 0 Å². The first-order valence-corrected chi connectivity index (χ1v) is 7.37. The number of ether oxygens (including phenoxy) is 1. The molecule has 0 atom stereocenters. The maximum absolute atomic E-state index is 6.13. The number of benzene rings is 1. The second-order valence-corrected chi connectivity index (χ2v) is 5.58. The van der Waals surface area contributed by atoms with Gasteiger partial charge in [0.25, 0.3) is 0 Å². The van der Waals surface area contributed by atoms with Crippen LogP contribution in [0.4, 0.5) is 5.95 Å². The number of hydrogen-bond donors (Lipinski definition) is 1. The lowest BCUT2D eigenvalue weighted by Gasteiger charge is -2.09. The summed E-state index contributed by atoms with van der Waals surface area (Å²) >= 11 is 13.6. The molecule has 20 heavy (non-hydrogen) atoms. The number of aromatic nitrogens is 2. The normalized spacial score (nSPS) is 10.8. The van der Waals surface area contributed by atoms with Crippen molar-refractivity contribution in [2.75, 3.05) is 12.4 Å². The Balaban J connectivity index is 2.10. The molecule has 1 N–H and O–H groups in total. The highest BCUT2D eigenvalue weighted by Crippen LogP contribution is 2.37. The van der Waals surface area contributed by atoms with Gasteiger partial charge in [-0.1, -0.05) is 29.3 Å². The van der Waals surface area contributed by atoms with E-state index in [-0.39, 0.29) is 0 Å². The number of nitrogens with zero attached hydrogens (tertiary/aromatic N) is 2. The van der Waals surface area contributed by atoms with Crippen LogP contribution >= 0.6 is 34.5 Å². The molecule has 0 aliphatic heterocycles. The average molecular weight is 326 g/mol. The monoisotopic (exact) mass is 325 g/mol. The first-order chi connectivity index (χ1) is 9.69. The topological polar surface area (TPSA) is 47.0 Å². The van der Waals surface area contributed by atoms with Crippen molar-refractivity contribution in [3.8, 4) is 11.6 Å². The minimum absolute atomic E-state index is 0.363. The molecule has 0 fully saturated rings. The maximum atomic E-state index is 6.13. The van der Waals surface area contributed by atoms with Gasteiger partial charge in [-0.05, 0) is 23.6 Å². The molecule has 0 spiro atoms. The molecule has 0 aliphatic carbocycles. The third kappa shape index (κ3) is 2.40. The van der Waals surface area contributed by atoms with Gasteiger partial charge in [0, 0.05) is 7.05 Å². The molecular formula is C13H9Cl2N3OS. The van der Waals surface area contributed by atoms with E-state index < -0.39 is 0 Å². The zero-order valence-corrected chi connectivity index (χ0v) is 12.7. The number of halogens is 2. The molecule has 7 heteroatoms. The molecule has 4 nitrogen and oxygen atoms in total. The maximum Gasteiger partial charge on any atom is 0.232 e. The number of anilines is 1. The standard InChI is InChI=1S/C13H9Cl2N3OS/c1-16-13-17-11(7-5-6-20-12(7)18-13)19-9-4-2-3-8(14)10(9)15/h2-6H,1H3,(H,16,17,18). The minimum atomic E-state index is 0.363. The Labute approximate surface area is 129 Å². The van der Waals surface area contributed by atoms with Gasteiger partial charge in [0.1, 0.15) is 15.6 Å². The first kappa shape index (κ1) is 13.4. The van der Waals surface area contributed by atoms with E-state index in [1.54, 1.807) is 25.2 Å². The quantitative estimate of drug-likeness (QED) is 0.749. The van der Waals surface area contributed by atoms with E-state index in [1.165, 1.54) is 11.3 Å². The van der Waals surface area contributed by atoms with E-state index in [0.717, 1.165) is 10.2 Å². The molecule has 2 aromatic heterocycles. The summed E-state index contributed by atoms with van der Waals surface area (Å²) in [6.45, 7) is 0. The Kier molecular flexibility index (Phi) is 3.65. The van der Waals surface area contributed by atoms with Crippen LogP contribution in [0, 0.1) is 0 Å². The molecule has 1 aromatic carbocycles. The van der Waals surface area contributed by atoms with Crippen molar-refractivity contribution in [2.24, 2.45) is 0 Å². The van der Waals surface area contributed by atoms with Gasteiger partial charge in [0.05, 0.1) is 10.4 Å². The Hall–Kier alpha value is -1.56. The van der Waals surface area contributed by atoms with Crippen molar-refractivity contribution in [1.29, 1.82) is 0 Å². The highest BCUT2D eigenvalue weighted by atomic mass is 35.5. The molecule has 0 bridgehead atoms. The lowest BCUT2D eigenvalue weighted by atomic mass is 10.3. The van der Waals surface area contributed by atoms with Gasteiger partial charge in [-0.15, -0.1) is 11.3 Å². The van der Waals surface area contributed by atoms with Gasteiger partial charge in [-0.3, -0.25) is 0 Å². The van der Waals surface area contributed by atoms with Gasteiger partial charge in [0.15, 0.2) is 0 Å². The number of thiophene rings is 1. The summed E-state index contributed by atoms with van der Waals surface area (Å²) in [5.41, 5.74) is 0. The van der Waals surface area contributed by atoms with Crippen LogP contribution in [0.25, 0.3) is 10.2 Å². The van der Waals surface area contributed by atoms with Gasteiger partial charge >= 0.3 is 0 Å². The molecular weight excluding hydrogens is 317 g/mol. The van der Waals surface area contributed by atoms with Crippen LogP contribution < -0.4 is 10.1 Å². The Morgan fingerprint density at radius 2 is 2.05 bits per heavy atom. The summed E-state index contributed by atoms with van der Waals surface area (Å²) < 4.78 is 5.80. The van der Waals surface area contributed by atoms with Crippen LogP contribution in [0.2, 0.25) is 10.0 Å². The molecule has 0 saturated carbocycles. The third-order valence-electron chi connectivity index (χ3n) is 2.64. The zero-order chi connectivity index (χ0) is 14.1. The van der Waals surface area contributed by atoms with Crippen LogP contribution in [0.5, 0.6) is 11.6 Å². The highest BCUT2D eigenvalue weighted by Gasteiger charge is 2.13. The Morgan fingerprint density at radius 1 is 1.20 bits per heavy atom. The van der Waals surface area contributed by atoms with Gasteiger partial charge in [0.2, 0.25) is 11.8 Å². The van der Waals surface area contributed by atoms with Crippen LogP contribution in [0.3, 0.4) is 0 Å². The first-order valence-electron chi connectivity index (χ1n) is 5.74. The van der Waals surface area contributed by atoms with Gasteiger partial charge in [-0.2, -0.15) is 4.98 Å². The van der Waals surface area contributed by atoms with Crippen molar-refractivity contribution in [3.05, 3.63) is 39.7 Å². The predicted octanol–water partition coefficient (Wildman–Crippen LogP) is 4.83. The third-order valence-corrected chi connectivity index (χ3v) is 4.24. The zero-order valence-electron chi connectivity index (χ0n) is 10.4. The van der Waals surface area contributed by atoms with E-state index in [9.17, 15) is 0 Å². The fourth-order valence-electron chi connectivity index (χ4n) is 1.68. The average Bonchev–Trinajstić information content (AvgIpc) is 2.92. The second-order valence-electron chi connectivity index (χ2n) is 3.90. The molecule has 3 rings (SSSR count). The summed E-state index contributed by atoms with van der Waals surface area (Å²) in [6.07, 6.45) is 0. The van der Waals surface area contributed by atoms with E-state index in [2.05, 4.69) is 15.3 Å². The molecule has 0 unspecified atom stereocenters. The van der Waals surface area contributed by atoms with E-state index in [1.807, 2.05) is 11.4 Å². The smallest absolute Gasteiger partial charge is 0.232 e. The Bertz CT molecular complexity index is 775. The molecule has 3 aromatic rings. The number of hydrogen-bond acceptors (Lipinski definition) is 5. The van der Waals surface area contributed by atoms with Crippen LogP contribution in [0.1, 0.15) is 0 Å². The summed E-state index contributed by atoms with van der Waals surface area (Å²) in [7, 11) is 1.75. The number of nitrogens with one attached hydrogen (secondary N) is 1. The lowest BCUT2D eigenvalue weighted by Crippen LogP contribution is -1.98. The summed E-state index contributed by atoms with van der Waals surface area (Å²) in [4.78, 5) is 9.52. The molecule has 0 amide bonds. The van der Waals surface area contributed by atoms with Crippen LogP contribution in [-0.2, 0) is 0 Å². The Morgan fingerprint density at radius 3 is 2.85 bits per heavy atom. The van der Waals surface area contributed by atoms with Gasteiger partial charge in [-0.25, -0.2) is 4.98 Å². The van der Waals surface area contributed by atoms with Crippen molar-refractivity contribution >= 4 is 50.7 Å². The van der Waals surface area contributed by atoms with Crippen LogP contribution in [-0.4, -0.2) is 17.0 Å². The largest absolute Gasteiger partial charge is 0.437 e. The van der Waals surface area contributed by atoms with Crippen LogP contribution in [0.15, 0.2) is 29.6 Å². The lowest BCUT2D eigenvalue weighted by molar-refractivity contribution is 0.469. The van der Waals surface area contributed by atoms with Crippen molar-refractivity contribution in [2.45, 2.75) is 0 Å². The number of rotatable bonds is 3. The van der Waals surface area contributed by atoms with E-state index in [0.29, 0.717) is 27.6 Å². The molecule has 102 valence electrons. The number of fused-ring (bicyclic) bond motifs is 1. The summed E-state index contributed by atoms with van der Waals surface area (Å²) in [5, 5.41) is 6.48. The molecule has 0 radical (unpaired) electrons. The van der Waals surface area contributed by atoms with Crippen molar-refractivity contribution in [1.82, 2.24) is 9.97 Å². The minimum Gasteiger partial charge on any atom is -0.437 e. The summed E-state index contributed by atoms with van der Waals surface area (Å²) in [5.74, 6) is 1.41. The molecule has 0 saturated heterocycles. The fourth-order valence-corrected chi connectivity index (χ4v) is 2.77. The van der Waals surface area contributed by atoms with Gasteiger partial charge < -0.3 is 10.1 Å². The molecule has 2 heterocycles. The second kappa shape index (κ2) is 5.44. The van der Waals surface area contributed by atoms with E-state index in [4.69, 9.17) is 27.9 Å². The summed E-state index contributed by atoms with van der Waals surface area (Å²) in [6, 6.07) is 7.13. The SMILES string of the molecule is CNc1nc(Oc2cccc(Cl)c2Cl)c2ccsc2n1. The van der Waals surface area contributed by atoms with Crippen molar-refractivity contribution < 1.29 is 4.74 Å².